The number of aryl methyl sites for hydroxylation is 1. The molecule has 6 heteroatoms. The fraction of sp³-hybridized carbons (Fsp3) is 0.167. The fourth-order valence-corrected chi connectivity index (χ4v) is 2.51. The Balaban J connectivity index is 1.74. The van der Waals surface area contributed by atoms with E-state index in [1.807, 2.05) is 25.1 Å². The minimum atomic E-state index is -0.956. The fourth-order valence-electron chi connectivity index (χ4n) is 2.51. The first-order valence-corrected chi connectivity index (χ1v) is 7.60. The number of carboxylic acid groups (broad SMARTS) is 1. The summed E-state index contributed by atoms with van der Waals surface area (Å²) in [4.78, 5) is 22.2. The number of aromatic carboxylic acids is 1. The average Bonchev–Trinajstić information content (AvgIpc) is 2.59. The van der Waals surface area contributed by atoms with E-state index in [1.165, 1.54) is 12.1 Å². The first kappa shape index (κ1) is 15.7. The van der Waals surface area contributed by atoms with E-state index in [2.05, 4.69) is 15.8 Å². The summed E-state index contributed by atoms with van der Waals surface area (Å²) < 4.78 is 0. The highest BCUT2D eigenvalue weighted by atomic mass is 16.4. The highest BCUT2D eigenvalue weighted by Crippen LogP contribution is 2.24. The Morgan fingerprint density at radius 1 is 1.12 bits per heavy atom. The number of carboxylic acids is 1. The van der Waals surface area contributed by atoms with Crippen molar-refractivity contribution in [3.05, 3.63) is 59.2 Å². The van der Waals surface area contributed by atoms with Crippen molar-refractivity contribution >= 4 is 29.0 Å². The zero-order valence-electron chi connectivity index (χ0n) is 13.2. The molecule has 1 amide bonds. The van der Waals surface area contributed by atoms with Crippen molar-refractivity contribution in [3.63, 3.8) is 0 Å². The van der Waals surface area contributed by atoms with Crippen LogP contribution in [-0.2, 0) is 11.2 Å². The predicted molar refractivity (Wildman–Crippen MR) is 92.6 cm³/mol. The van der Waals surface area contributed by atoms with E-state index < -0.39 is 5.97 Å². The third kappa shape index (κ3) is 3.43. The van der Waals surface area contributed by atoms with Crippen molar-refractivity contribution in [1.29, 1.82) is 0 Å². The molecule has 0 aromatic heterocycles. The number of anilines is 2. The molecular weight excluding hydrogens is 306 g/mol. The maximum absolute atomic E-state index is 11.4. The van der Waals surface area contributed by atoms with Crippen molar-refractivity contribution < 1.29 is 14.7 Å². The molecule has 0 unspecified atom stereocenters. The zero-order valence-corrected chi connectivity index (χ0v) is 13.2. The van der Waals surface area contributed by atoms with Gasteiger partial charge >= 0.3 is 5.97 Å². The number of hydrogen-bond donors (Lipinski definition) is 3. The topological polar surface area (TPSA) is 90.8 Å². The lowest BCUT2D eigenvalue weighted by Gasteiger charge is -2.17. The molecule has 3 N–H and O–H groups in total. The van der Waals surface area contributed by atoms with Crippen molar-refractivity contribution in [2.24, 2.45) is 5.10 Å². The van der Waals surface area contributed by atoms with Crippen molar-refractivity contribution in [2.45, 2.75) is 19.8 Å². The summed E-state index contributed by atoms with van der Waals surface area (Å²) in [6.07, 6.45) is 1.23. The lowest BCUT2D eigenvalue weighted by Crippen LogP contribution is -2.19. The van der Waals surface area contributed by atoms with E-state index >= 15 is 0 Å². The van der Waals surface area contributed by atoms with Crippen LogP contribution < -0.4 is 10.7 Å². The van der Waals surface area contributed by atoms with E-state index in [1.54, 1.807) is 12.1 Å². The van der Waals surface area contributed by atoms with Gasteiger partial charge in [-0.05, 0) is 60.9 Å². The molecule has 122 valence electrons. The van der Waals surface area contributed by atoms with Gasteiger partial charge in [0.2, 0.25) is 5.91 Å². The third-order valence-corrected chi connectivity index (χ3v) is 3.90. The number of carbonyl (C=O) groups is 2. The Kier molecular flexibility index (Phi) is 4.29. The van der Waals surface area contributed by atoms with Gasteiger partial charge in [0.05, 0.1) is 17.0 Å². The largest absolute Gasteiger partial charge is 0.478 e. The molecule has 3 rings (SSSR count). The van der Waals surface area contributed by atoms with Crippen LogP contribution in [0.15, 0.2) is 47.6 Å². The van der Waals surface area contributed by atoms with Gasteiger partial charge in [-0.25, -0.2) is 4.79 Å². The number of nitrogens with one attached hydrogen (secondary N) is 2. The number of amides is 1. The summed E-state index contributed by atoms with van der Waals surface area (Å²) in [5.74, 6) is -0.908. The van der Waals surface area contributed by atoms with Gasteiger partial charge in [-0.1, -0.05) is 6.07 Å². The molecule has 6 nitrogen and oxygen atoms in total. The third-order valence-electron chi connectivity index (χ3n) is 3.90. The van der Waals surface area contributed by atoms with Gasteiger partial charge in [0.15, 0.2) is 0 Å². The standard InChI is InChI=1S/C18H17N3O3/c1-11(20-21-15-6-2-12(3-7-15)18(23)24)13-4-8-16-14(10-13)5-9-17(22)19-16/h2-4,6-8,10,21H,5,9H2,1H3,(H,19,22)(H,23,24). The van der Waals surface area contributed by atoms with Crippen LogP contribution in [0, 0.1) is 0 Å². The Labute approximate surface area is 139 Å². The van der Waals surface area contributed by atoms with Crippen LogP contribution >= 0.6 is 0 Å². The molecular formula is C18H17N3O3. The summed E-state index contributed by atoms with van der Waals surface area (Å²) in [5.41, 5.74) is 7.61. The molecule has 0 saturated carbocycles. The molecule has 0 saturated heterocycles. The molecule has 1 aliphatic rings. The van der Waals surface area contributed by atoms with Crippen molar-refractivity contribution in [3.8, 4) is 0 Å². The van der Waals surface area contributed by atoms with E-state index in [4.69, 9.17) is 5.11 Å². The first-order chi connectivity index (χ1) is 11.5. The number of hydrogen-bond acceptors (Lipinski definition) is 4. The van der Waals surface area contributed by atoms with Gasteiger partial charge in [-0.15, -0.1) is 0 Å². The van der Waals surface area contributed by atoms with Gasteiger partial charge in [0.25, 0.3) is 0 Å². The maximum atomic E-state index is 11.4. The van der Waals surface area contributed by atoms with Crippen molar-refractivity contribution in [1.82, 2.24) is 0 Å². The number of fused-ring (bicyclic) bond motifs is 1. The molecule has 24 heavy (non-hydrogen) atoms. The molecule has 0 spiro atoms. The van der Waals surface area contributed by atoms with Gasteiger partial charge in [-0.3, -0.25) is 10.2 Å². The molecule has 0 bridgehead atoms. The van der Waals surface area contributed by atoms with Gasteiger partial charge < -0.3 is 10.4 Å². The molecule has 1 heterocycles. The molecule has 2 aromatic carbocycles. The monoisotopic (exact) mass is 323 g/mol. The Bertz CT molecular complexity index is 826. The minimum absolute atomic E-state index is 0.0483. The SMILES string of the molecule is CC(=NNc1ccc(C(=O)O)cc1)c1ccc2c(c1)CCC(=O)N2. The van der Waals surface area contributed by atoms with E-state index in [-0.39, 0.29) is 11.5 Å². The smallest absolute Gasteiger partial charge is 0.335 e. The second kappa shape index (κ2) is 6.54. The lowest BCUT2D eigenvalue weighted by molar-refractivity contribution is -0.116. The number of benzene rings is 2. The Morgan fingerprint density at radius 2 is 1.83 bits per heavy atom. The second-order valence-electron chi connectivity index (χ2n) is 5.61. The molecule has 0 atom stereocenters. The maximum Gasteiger partial charge on any atom is 0.335 e. The minimum Gasteiger partial charge on any atom is -0.478 e. The average molecular weight is 323 g/mol. The summed E-state index contributed by atoms with van der Waals surface area (Å²) in [6, 6.07) is 12.2. The lowest BCUT2D eigenvalue weighted by atomic mass is 9.99. The molecule has 0 fully saturated rings. The summed E-state index contributed by atoms with van der Waals surface area (Å²) >= 11 is 0. The van der Waals surface area contributed by atoms with E-state index in [0.29, 0.717) is 12.1 Å². The molecule has 0 aliphatic carbocycles. The first-order valence-electron chi connectivity index (χ1n) is 7.60. The number of rotatable bonds is 4. The number of carbonyl (C=O) groups excluding carboxylic acids is 1. The van der Waals surface area contributed by atoms with E-state index in [9.17, 15) is 9.59 Å². The predicted octanol–water partition coefficient (Wildman–Crippen LogP) is 3.11. The Morgan fingerprint density at radius 3 is 2.54 bits per heavy atom. The highest BCUT2D eigenvalue weighted by Gasteiger charge is 2.15. The van der Waals surface area contributed by atoms with Crippen LogP contribution in [0.4, 0.5) is 11.4 Å². The Hall–Kier alpha value is -3.15. The van der Waals surface area contributed by atoms with Gasteiger partial charge in [0.1, 0.15) is 0 Å². The zero-order chi connectivity index (χ0) is 17.1. The van der Waals surface area contributed by atoms with Crippen molar-refractivity contribution in [2.75, 3.05) is 10.7 Å². The van der Waals surface area contributed by atoms with E-state index in [0.717, 1.165) is 28.9 Å². The van der Waals surface area contributed by atoms with Gasteiger partial charge in [-0.2, -0.15) is 5.10 Å². The molecule has 0 radical (unpaired) electrons. The summed E-state index contributed by atoms with van der Waals surface area (Å²) in [7, 11) is 0. The number of hydrazone groups is 1. The normalized spacial score (nSPS) is 13.9. The molecule has 2 aromatic rings. The van der Waals surface area contributed by atoms with Crippen LogP contribution in [0.3, 0.4) is 0 Å². The van der Waals surface area contributed by atoms with Crippen LogP contribution in [-0.4, -0.2) is 22.7 Å². The number of nitrogens with zero attached hydrogens (tertiary/aromatic N) is 1. The second-order valence-corrected chi connectivity index (χ2v) is 5.61. The summed E-state index contributed by atoms with van der Waals surface area (Å²) in [5, 5.41) is 16.1. The van der Waals surface area contributed by atoms with Crippen LogP contribution in [0.2, 0.25) is 0 Å². The van der Waals surface area contributed by atoms with Crippen LogP contribution in [0.5, 0.6) is 0 Å². The highest BCUT2D eigenvalue weighted by molar-refractivity contribution is 6.01. The molecule has 1 aliphatic heterocycles. The quantitative estimate of drug-likeness (QED) is 0.595. The van der Waals surface area contributed by atoms with Crippen LogP contribution in [0.25, 0.3) is 0 Å². The van der Waals surface area contributed by atoms with Crippen LogP contribution in [0.1, 0.15) is 34.8 Å². The summed E-state index contributed by atoms with van der Waals surface area (Å²) in [6.45, 7) is 1.89. The van der Waals surface area contributed by atoms with Gasteiger partial charge in [0, 0.05) is 12.1 Å².